The lowest BCUT2D eigenvalue weighted by Gasteiger charge is -2.34. The third-order valence-corrected chi connectivity index (χ3v) is 7.90. The first-order chi connectivity index (χ1) is 13.9. The minimum Gasteiger partial charge on any atom is -0.0588 e. The van der Waals surface area contributed by atoms with Crippen molar-refractivity contribution in [1.82, 2.24) is 0 Å². The van der Waals surface area contributed by atoms with Gasteiger partial charge in [-0.25, -0.2) is 0 Å². The number of rotatable bonds is 0. The highest BCUT2D eigenvalue weighted by Crippen LogP contribution is 2.40. The van der Waals surface area contributed by atoms with E-state index in [4.69, 9.17) is 0 Å². The molecule has 3 saturated carbocycles. The van der Waals surface area contributed by atoms with Crippen molar-refractivity contribution in [1.29, 1.82) is 0 Å². The van der Waals surface area contributed by atoms with Crippen molar-refractivity contribution in [2.24, 2.45) is 11.8 Å². The number of fused-ring (bicyclic) bond motifs is 22. The van der Waals surface area contributed by atoms with Crippen LogP contribution in [0, 0.1) is 17.8 Å². The first-order valence-electron chi connectivity index (χ1n) is 13.7. The summed E-state index contributed by atoms with van der Waals surface area (Å²) in [6.07, 6.45) is 36.0. The Morgan fingerprint density at radius 1 is 0.393 bits per heavy atom. The van der Waals surface area contributed by atoms with E-state index in [-0.39, 0.29) is 0 Å². The first kappa shape index (κ1) is 24.3. The predicted molar refractivity (Wildman–Crippen MR) is 127 cm³/mol. The molecule has 2 atom stereocenters. The van der Waals surface area contributed by atoms with Crippen molar-refractivity contribution in [2.75, 3.05) is 0 Å². The summed E-state index contributed by atoms with van der Waals surface area (Å²) in [6.45, 7) is 2.49. The highest BCUT2D eigenvalue weighted by molar-refractivity contribution is 4.97. The topological polar surface area (TPSA) is 0 Å². The van der Waals surface area contributed by atoms with E-state index in [0.717, 1.165) is 11.8 Å². The van der Waals surface area contributed by atoms with Crippen molar-refractivity contribution in [3.63, 3.8) is 0 Å². The molecule has 3 aliphatic rings. The average Bonchev–Trinajstić information content (AvgIpc) is 2.70. The van der Waals surface area contributed by atoms with Gasteiger partial charge < -0.3 is 0 Å². The molecule has 0 aromatic rings. The van der Waals surface area contributed by atoms with Gasteiger partial charge in [0.05, 0.1) is 0 Å². The van der Waals surface area contributed by atoms with Crippen LogP contribution in [0.1, 0.15) is 161 Å². The van der Waals surface area contributed by atoms with Crippen LogP contribution in [-0.4, -0.2) is 0 Å². The fourth-order valence-electron chi connectivity index (χ4n) is 5.87. The maximum atomic E-state index is 2.49. The van der Waals surface area contributed by atoms with Crippen molar-refractivity contribution in [3.05, 3.63) is 5.92 Å². The van der Waals surface area contributed by atoms with Gasteiger partial charge in [0.2, 0.25) is 0 Å². The maximum absolute atomic E-state index is 2.49. The summed E-state index contributed by atoms with van der Waals surface area (Å²) in [5.74, 6) is 3.87. The molecule has 0 aliphatic heterocycles. The van der Waals surface area contributed by atoms with Gasteiger partial charge in [0.1, 0.15) is 0 Å². The Bertz CT molecular complexity index is 329. The second kappa shape index (κ2) is 16.8. The van der Waals surface area contributed by atoms with Crippen LogP contribution in [0.2, 0.25) is 0 Å². The molecular weight excluding hydrogens is 336 g/mol. The third kappa shape index (κ3) is 11.9. The van der Waals surface area contributed by atoms with E-state index in [1.807, 2.05) is 5.92 Å². The summed E-state index contributed by atoms with van der Waals surface area (Å²) in [7, 11) is 0. The van der Waals surface area contributed by atoms with Gasteiger partial charge in [0.25, 0.3) is 0 Å². The van der Waals surface area contributed by atoms with Gasteiger partial charge in [0.15, 0.2) is 0 Å². The Hall–Kier alpha value is 0. The van der Waals surface area contributed by atoms with Crippen molar-refractivity contribution in [2.45, 2.75) is 161 Å². The quantitative estimate of drug-likeness (QED) is 0.386. The molecule has 165 valence electrons. The summed E-state index contributed by atoms with van der Waals surface area (Å²) in [6, 6.07) is 0. The molecule has 0 amide bonds. The van der Waals surface area contributed by atoms with Crippen molar-refractivity contribution in [3.8, 4) is 0 Å². The van der Waals surface area contributed by atoms with Crippen LogP contribution >= 0.6 is 0 Å². The highest BCUT2D eigenvalue weighted by Gasteiger charge is 2.27. The van der Waals surface area contributed by atoms with Gasteiger partial charge in [-0.05, 0) is 37.0 Å². The van der Waals surface area contributed by atoms with Crippen LogP contribution in [0.15, 0.2) is 0 Å². The molecule has 0 nitrogen and oxygen atoms in total. The summed E-state index contributed by atoms with van der Waals surface area (Å²) in [4.78, 5) is 0. The lowest BCUT2D eigenvalue weighted by molar-refractivity contribution is 0.272. The van der Waals surface area contributed by atoms with E-state index in [0.29, 0.717) is 0 Å². The monoisotopic (exact) mass is 389 g/mol. The largest absolute Gasteiger partial charge is 0.0588 e. The molecule has 3 fully saturated rings. The molecule has 3 rings (SSSR count). The molecule has 28 heavy (non-hydrogen) atoms. The van der Waals surface area contributed by atoms with Crippen molar-refractivity contribution >= 4 is 0 Å². The molecule has 0 unspecified atom stereocenters. The fraction of sp³-hybridized carbons (Fsp3) is 0.964. The second-order valence-corrected chi connectivity index (χ2v) is 10.5. The van der Waals surface area contributed by atoms with Crippen molar-refractivity contribution < 1.29 is 0 Å². The lowest BCUT2D eigenvalue weighted by atomic mass is 9.71. The van der Waals surface area contributed by atoms with Crippen LogP contribution in [0.5, 0.6) is 0 Å². The fourth-order valence-corrected chi connectivity index (χ4v) is 5.87. The Kier molecular flexibility index (Phi) is 14.5. The molecule has 0 aromatic heterocycles. The predicted octanol–water partition coefficient (Wildman–Crippen LogP) is 10.2. The van der Waals surface area contributed by atoms with Gasteiger partial charge in [-0.2, -0.15) is 0 Å². The molecule has 0 saturated heterocycles. The van der Waals surface area contributed by atoms with Crippen LogP contribution in [-0.2, 0) is 0 Å². The summed E-state index contributed by atoms with van der Waals surface area (Å²) < 4.78 is 0. The van der Waals surface area contributed by atoms with E-state index >= 15 is 0 Å². The van der Waals surface area contributed by atoms with E-state index in [2.05, 4.69) is 6.92 Å². The van der Waals surface area contributed by atoms with E-state index in [1.165, 1.54) is 154 Å². The standard InChI is InChI=1S/C28H53/c1-26-25-27-21-19-17-15-13-11-9-7-5-3-2-4-6-8-10-12-14-16-18-20-22-28(26)24-23-27/h27-28H,2-25H2,1H3/t27-,28-/m0/s1. The van der Waals surface area contributed by atoms with Gasteiger partial charge >= 0.3 is 0 Å². The maximum Gasteiger partial charge on any atom is -0.0238 e. The molecule has 0 spiro atoms. The highest BCUT2D eigenvalue weighted by atomic mass is 14.3. The van der Waals surface area contributed by atoms with Crippen LogP contribution in [0.25, 0.3) is 0 Å². The van der Waals surface area contributed by atoms with E-state index in [9.17, 15) is 0 Å². The molecular formula is C28H53. The van der Waals surface area contributed by atoms with Gasteiger partial charge in [-0.15, -0.1) is 0 Å². The summed E-state index contributed by atoms with van der Waals surface area (Å²) >= 11 is 0. The van der Waals surface area contributed by atoms with Crippen LogP contribution < -0.4 is 0 Å². The van der Waals surface area contributed by atoms with Gasteiger partial charge in [0, 0.05) is 0 Å². The summed E-state index contributed by atoms with van der Waals surface area (Å²) in [5, 5.41) is 0. The zero-order chi connectivity index (χ0) is 19.7. The molecule has 0 aromatic carbocycles. The zero-order valence-corrected chi connectivity index (χ0v) is 19.6. The molecule has 0 heterocycles. The summed E-state index contributed by atoms with van der Waals surface area (Å²) in [5.41, 5.74) is 0. The minimum atomic E-state index is 0.978. The number of hydrogen-bond donors (Lipinski definition) is 0. The van der Waals surface area contributed by atoms with E-state index in [1.54, 1.807) is 0 Å². The molecule has 1 radical (unpaired) electrons. The van der Waals surface area contributed by atoms with Crippen LogP contribution in [0.3, 0.4) is 0 Å². The Labute approximate surface area is 179 Å². The number of hydrogen-bond acceptors (Lipinski definition) is 0. The molecule has 0 N–H and O–H groups in total. The van der Waals surface area contributed by atoms with Gasteiger partial charge in [-0.3, -0.25) is 0 Å². The molecule has 0 heteroatoms. The Morgan fingerprint density at radius 3 is 1.14 bits per heavy atom. The Morgan fingerprint density at radius 2 is 0.750 bits per heavy atom. The smallest absolute Gasteiger partial charge is 0.0238 e. The zero-order valence-electron chi connectivity index (χ0n) is 19.6. The van der Waals surface area contributed by atoms with Gasteiger partial charge in [-0.1, -0.05) is 142 Å². The average molecular weight is 390 g/mol. The lowest BCUT2D eigenvalue weighted by Crippen LogP contribution is -2.21. The normalized spacial score (nSPS) is 30.3. The van der Waals surface area contributed by atoms with Crippen LogP contribution in [0.4, 0.5) is 0 Å². The third-order valence-electron chi connectivity index (χ3n) is 7.90. The first-order valence-corrected chi connectivity index (χ1v) is 13.7. The molecule has 3 aliphatic carbocycles. The second-order valence-electron chi connectivity index (χ2n) is 10.5. The SMILES string of the molecule is C[C]1C[C@H]2CCCCCCCCCCCCCCCCCCCCC[C@H]1CC2. The molecule has 2 bridgehead atoms. The Balaban J connectivity index is 1.61. The van der Waals surface area contributed by atoms with E-state index < -0.39 is 0 Å². The minimum absolute atomic E-state index is 0.978.